The summed E-state index contributed by atoms with van der Waals surface area (Å²) in [6, 6.07) is 6.90. The third-order valence-electron chi connectivity index (χ3n) is 9.17. The van der Waals surface area contributed by atoms with E-state index in [2.05, 4.69) is 41.7 Å². The number of nitrogens with zero attached hydrogens (tertiary/aromatic N) is 6. The highest BCUT2D eigenvalue weighted by Gasteiger charge is 2.50. The number of carbonyl (C=O) groups excluding carboxylic acids is 1. The van der Waals surface area contributed by atoms with E-state index in [1.807, 2.05) is 22.8 Å². The van der Waals surface area contributed by atoms with Crippen molar-refractivity contribution in [3.05, 3.63) is 53.4 Å². The van der Waals surface area contributed by atoms with Crippen molar-refractivity contribution in [2.24, 2.45) is 18.4 Å². The van der Waals surface area contributed by atoms with Crippen LogP contribution >= 0.6 is 0 Å². The van der Waals surface area contributed by atoms with Crippen molar-refractivity contribution in [3.8, 4) is 17.2 Å². The summed E-state index contributed by atoms with van der Waals surface area (Å²) < 4.78 is 1.95. The predicted octanol–water partition coefficient (Wildman–Crippen LogP) is 4.09. The van der Waals surface area contributed by atoms with E-state index >= 15 is 0 Å². The zero-order chi connectivity index (χ0) is 24.8. The minimum absolute atomic E-state index is 0.00459. The van der Waals surface area contributed by atoms with E-state index in [1.54, 1.807) is 0 Å². The Morgan fingerprint density at radius 2 is 2.06 bits per heavy atom. The zero-order valence-corrected chi connectivity index (χ0v) is 20.9. The Morgan fingerprint density at radius 3 is 2.81 bits per heavy atom. The van der Waals surface area contributed by atoms with Crippen LogP contribution in [0.2, 0.25) is 0 Å². The number of fused-ring (bicyclic) bond motifs is 1. The third kappa shape index (κ3) is 2.87. The predicted molar refractivity (Wildman–Crippen MR) is 139 cm³/mol. The van der Waals surface area contributed by atoms with Crippen LogP contribution in [0.1, 0.15) is 47.6 Å². The molecule has 1 saturated carbocycles. The first-order chi connectivity index (χ1) is 17.4. The van der Waals surface area contributed by atoms with Crippen LogP contribution < -0.4 is 4.90 Å². The molecule has 7 heteroatoms. The van der Waals surface area contributed by atoms with E-state index < -0.39 is 0 Å². The van der Waals surface area contributed by atoms with Crippen LogP contribution in [0.3, 0.4) is 0 Å². The number of hydrogen-bond donors (Lipinski definition) is 0. The number of rotatable bonds is 3. The van der Waals surface area contributed by atoms with E-state index in [0.717, 1.165) is 66.9 Å². The van der Waals surface area contributed by atoms with Gasteiger partial charge in [0.05, 0.1) is 11.7 Å². The van der Waals surface area contributed by atoms with Gasteiger partial charge in [-0.25, -0.2) is 4.98 Å². The molecule has 1 amide bonds. The van der Waals surface area contributed by atoms with E-state index in [4.69, 9.17) is 4.98 Å². The van der Waals surface area contributed by atoms with Crippen LogP contribution in [0.5, 0.6) is 0 Å². The first-order valence-electron chi connectivity index (χ1n) is 13.0. The van der Waals surface area contributed by atoms with Gasteiger partial charge in [-0.2, -0.15) is 10.4 Å². The van der Waals surface area contributed by atoms with Gasteiger partial charge in [-0.3, -0.25) is 9.48 Å². The first kappa shape index (κ1) is 21.6. The second-order valence-electron chi connectivity index (χ2n) is 11.4. The van der Waals surface area contributed by atoms with Gasteiger partial charge in [0.1, 0.15) is 17.5 Å². The maximum Gasteiger partial charge on any atom is 0.245 e. The molecule has 2 bridgehead atoms. The summed E-state index contributed by atoms with van der Waals surface area (Å²) in [5, 5.41) is 16.3. The van der Waals surface area contributed by atoms with E-state index in [-0.39, 0.29) is 11.3 Å². The number of carbonyl (C=O) groups is 1. The van der Waals surface area contributed by atoms with Gasteiger partial charge in [0.25, 0.3) is 0 Å². The van der Waals surface area contributed by atoms with Gasteiger partial charge in [-0.15, -0.1) is 0 Å². The van der Waals surface area contributed by atoms with Crippen molar-refractivity contribution in [1.29, 1.82) is 5.26 Å². The van der Waals surface area contributed by atoms with E-state index in [9.17, 15) is 10.1 Å². The number of aryl methyl sites for hydroxylation is 2. The number of pyridine rings is 1. The van der Waals surface area contributed by atoms with Gasteiger partial charge >= 0.3 is 0 Å². The zero-order valence-electron chi connectivity index (χ0n) is 20.9. The summed E-state index contributed by atoms with van der Waals surface area (Å²) in [6.45, 7) is 8.97. The van der Waals surface area contributed by atoms with Gasteiger partial charge < -0.3 is 9.80 Å². The Kier molecular flexibility index (Phi) is 4.46. The lowest BCUT2D eigenvalue weighted by molar-refractivity contribution is -0.136. The van der Waals surface area contributed by atoms with Crippen LogP contribution in [-0.2, 0) is 18.3 Å². The molecule has 4 heterocycles. The highest BCUT2D eigenvalue weighted by Crippen LogP contribution is 2.55. The van der Waals surface area contributed by atoms with Crippen molar-refractivity contribution in [1.82, 2.24) is 19.7 Å². The lowest BCUT2D eigenvalue weighted by Gasteiger charge is -2.47. The minimum atomic E-state index is 0.00459. The fourth-order valence-corrected chi connectivity index (χ4v) is 7.34. The van der Waals surface area contributed by atoms with Crippen molar-refractivity contribution in [2.45, 2.75) is 38.5 Å². The highest BCUT2D eigenvalue weighted by atomic mass is 16.2. The van der Waals surface area contributed by atoms with Crippen molar-refractivity contribution >= 4 is 22.6 Å². The largest absolute Gasteiger partial charge is 0.355 e. The van der Waals surface area contributed by atoms with Crippen molar-refractivity contribution in [3.63, 3.8) is 0 Å². The van der Waals surface area contributed by atoms with Gasteiger partial charge in [-0.1, -0.05) is 18.7 Å². The molecular weight excluding hydrogens is 448 g/mol. The average Bonchev–Trinajstić information content (AvgIpc) is 3.45. The standard InChI is InChI=1S/C29H30N6O/c1-4-23(36)35-15-29(16-35)7-8-34(14-29)28-21(12-30)26(25-20-9-18(10-20)11-22(25)32-28)24-17(2)5-6-19-13-31-33(3)27(19)24/h4-6,13,18,20H,1,7-11,14-16H2,2-3H3. The van der Waals surface area contributed by atoms with Gasteiger partial charge in [0.15, 0.2) is 0 Å². The Balaban J connectivity index is 1.39. The van der Waals surface area contributed by atoms with Crippen LogP contribution in [0, 0.1) is 29.6 Å². The quantitative estimate of drug-likeness (QED) is 0.530. The highest BCUT2D eigenvalue weighted by molar-refractivity contribution is 5.99. The lowest BCUT2D eigenvalue weighted by atomic mass is 9.62. The van der Waals surface area contributed by atoms with Crippen LogP contribution in [0.15, 0.2) is 31.0 Å². The SMILES string of the molecule is C=CC(=O)N1CC2(CCN(c3nc4c(c(-c5c(C)ccc6cnn(C)c56)c3C#N)C3CC(C4)C3)C2)C1. The molecule has 2 aliphatic heterocycles. The smallest absolute Gasteiger partial charge is 0.245 e. The summed E-state index contributed by atoms with van der Waals surface area (Å²) >= 11 is 0. The molecule has 1 spiro atoms. The molecule has 0 N–H and O–H groups in total. The van der Waals surface area contributed by atoms with Gasteiger partial charge in [-0.05, 0) is 61.6 Å². The topological polar surface area (TPSA) is 78.1 Å². The molecule has 5 aliphatic rings. The number of likely N-dealkylation sites (tertiary alicyclic amines) is 1. The monoisotopic (exact) mass is 478 g/mol. The Hall–Kier alpha value is -3.66. The normalized spacial score (nSPS) is 23.2. The molecule has 2 aromatic heterocycles. The molecule has 7 nitrogen and oxygen atoms in total. The molecule has 182 valence electrons. The van der Waals surface area contributed by atoms with E-state index in [1.165, 1.54) is 35.7 Å². The Labute approximate surface area is 211 Å². The summed E-state index contributed by atoms with van der Waals surface area (Å²) in [7, 11) is 1.99. The molecule has 2 saturated heterocycles. The molecule has 0 radical (unpaired) electrons. The second kappa shape index (κ2) is 7.42. The van der Waals surface area contributed by atoms with Crippen molar-refractivity contribution in [2.75, 3.05) is 31.1 Å². The molecular formula is C29H30N6O. The lowest BCUT2D eigenvalue weighted by Crippen LogP contribution is -2.59. The number of hydrogen-bond acceptors (Lipinski definition) is 5. The average molecular weight is 479 g/mol. The molecule has 0 unspecified atom stereocenters. The number of anilines is 1. The fourth-order valence-electron chi connectivity index (χ4n) is 7.34. The maximum absolute atomic E-state index is 12.1. The molecule has 36 heavy (non-hydrogen) atoms. The van der Waals surface area contributed by atoms with E-state index in [0.29, 0.717) is 17.4 Å². The van der Waals surface area contributed by atoms with Crippen molar-refractivity contribution < 1.29 is 4.79 Å². The first-order valence-corrected chi connectivity index (χ1v) is 13.0. The van der Waals surface area contributed by atoms with Gasteiger partial charge in [0.2, 0.25) is 5.91 Å². The molecule has 0 atom stereocenters. The number of nitriles is 1. The summed E-state index contributed by atoms with van der Waals surface area (Å²) in [5.41, 5.74) is 7.74. The number of aromatic nitrogens is 3. The molecule has 8 rings (SSSR count). The summed E-state index contributed by atoms with van der Waals surface area (Å²) in [6.07, 6.45) is 7.72. The number of amides is 1. The maximum atomic E-state index is 12.1. The molecule has 3 fully saturated rings. The minimum Gasteiger partial charge on any atom is -0.355 e. The summed E-state index contributed by atoms with van der Waals surface area (Å²) in [5.74, 6) is 2.04. The molecule has 3 aromatic rings. The van der Waals surface area contributed by atoms with Gasteiger partial charge in [0, 0.05) is 60.8 Å². The van der Waals surface area contributed by atoms with Crippen LogP contribution in [-0.4, -0.2) is 51.8 Å². The molecule has 1 aromatic carbocycles. The Morgan fingerprint density at radius 1 is 1.25 bits per heavy atom. The molecule has 3 aliphatic carbocycles. The second-order valence-corrected chi connectivity index (χ2v) is 11.4. The summed E-state index contributed by atoms with van der Waals surface area (Å²) in [4.78, 5) is 21.5. The van der Waals surface area contributed by atoms with Crippen LogP contribution in [0.4, 0.5) is 5.82 Å². The fraction of sp³-hybridized carbons (Fsp3) is 0.448. The Bertz CT molecular complexity index is 1500. The third-order valence-corrected chi connectivity index (χ3v) is 9.17. The van der Waals surface area contributed by atoms with Crippen LogP contribution in [0.25, 0.3) is 22.0 Å². The number of benzene rings is 1.